The summed E-state index contributed by atoms with van der Waals surface area (Å²) >= 11 is 5.57. The summed E-state index contributed by atoms with van der Waals surface area (Å²) in [5, 5.41) is 3.98. The first-order valence-corrected chi connectivity index (χ1v) is 6.91. The fraction of sp³-hybridized carbons (Fsp3) is 0.125. The van der Waals surface area contributed by atoms with E-state index in [1.807, 2.05) is 42.5 Å². The summed E-state index contributed by atoms with van der Waals surface area (Å²) in [6.07, 6.45) is 0. The number of benzene rings is 2. The van der Waals surface area contributed by atoms with Crippen molar-refractivity contribution in [2.24, 2.45) is 0 Å². The van der Waals surface area contributed by atoms with Gasteiger partial charge in [-0.15, -0.1) is 11.6 Å². The standard InChI is InChI=1S/C16H15ClN2O2/c1-11(17)15(20)19-16(21)18-14-9-7-13(8-10-14)12-5-3-2-4-6-12/h2-11H,1H3,(H2,18,19,20,21). The predicted octanol–water partition coefficient (Wildman–Crippen LogP) is 3.63. The Labute approximate surface area is 128 Å². The zero-order valence-electron chi connectivity index (χ0n) is 11.5. The third-order valence-corrected chi connectivity index (χ3v) is 3.05. The van der Waals surface area contributed by atoms with E-state index in [0.29, 0.717) is 5.69 Å². The summed E-state index contributed by atoms with van der Waals surface area (Å²) in [4.78, 5) is 22.9. The molecule has 0 aliphatic rings. The molecular weight excluding hydrogens is 288 g/mol. The van der Waals surface area contributed by atoms with Gasteiger partial charge in [-0.1, -0.05) is 42.5 Å². The van der Waals surface area contributed by atoms with E-state index in [0.717, 1.165) is 11.1 Å². The van der Waals surface area contributed by atoms with Gasteiger partial charge in [0, 0.05) is 5.69 Å². The quantitative estimate of drug-likeness (QED) is 0.851. The number of alkyl halides is 1. The summed E-state index contributed by atoms with van der Waals surface area (Å²) in [7, 11) is 0. The highest BCUT2D eigenvalue weighted by Gasteiger charge is 2.12. The highest BCUT2D eigenvalue weighted by atomic mass is 35.5. The Hall–Kier alpha value is -2.33. The predicted molar refractivity (Wildman–Crippen MR) is 84.4 cm³/mol. The molecule has 0 aromatic heterocycles. The van der Waals surface area contributed by atoms with Gasteiger partial charge in [0.1, 0.15) is 5.38 Å². The van der Waals surface area contributed by atoms with E-state index in [9.17, 15) is 9.59 Å². The van der Waals surface area contributed by atoms with Crippen LogP contribution < -0.4 is 10.6 Å². The molecule has 21 heavy (non-hydrogen) atoms. The van der Waals surface area contributed by atoms with Crippen LogP contribution in [0.3, 0.4) is 0 Å². The van der Waals surface area contributed by atoms with E-state index >= 15 is 0 Å². The minimum absolute atomic E-state index is 0.532. The summed E-state index contributed by atoms with van der Waals surface area (Å²) in [6.45, 7) is 1.50. The van der Waals surface area contributed by atoms with Crippen LogP contribution in [0.4, 0.5) is 10.5 Å². The molecule has 1 unspecified atom stereocenters. The van der Waals surface area contributed by atoms with E-state index in [1.54, 1.807) is 12.1 Å². The van der Waals surface area contributed by atoms with Crippen LogP contribution in [-0.2, 0) is 4.79 Å². The van der Waals surface area contributed by atoms with Crippen molar-refractivity contribution in [3.05, 3.63) is 54.6 Å². The number of anilines is 1. The lowest BCUT2D eigenvalue weighted by molar-refractivity contribution is -0.119. The first-order chi connectivity index (χ1) is 10.1. The molecule has 0 aliphatic carbocycles. The van der Waals surface area contributed by atoms with Crippen molar-refractivity contribution in [2.75, 3.05) is 5.32 Å². The maximum Gasteiger partial charge on any atom is 0.325 e. The van der Waals surface area contributed by atoms with E-state index in [1.165, 1.54) is 6.92 Å². The highest BCUT2D eigenvalue weighted by molar-refractivity contribution is 6.31. The normalized spacial score (nSPS) is 11.5. The minimum atomic E-state index is -0.754. The first kappa shape index (κ1) is 15.1. The molecule has 0 bridgehead atoms. The van der Waals surface area contributed by atoms with Crippen molar-refractivity contribution >= 4 is 29.2 Å². The zero-order chi connectivity index (χ0) is 15.2. The van der Waals surface area contributed by atoms with Crippen molar-refractivity contribution in [3.63, 3.8) is 0 Å². The van der Waals surface area contributed by atoms with Gasteiger partial charge in [0.15, 0.2) is 0 Å². The SMILES string of the molecule is CC(Cl)C(=O)NC(=O)Nc1ccc(-c2ccccc2)cc1. The number of hydrogen-bond acceptors (Lipinski definition) is 2. The number of carbonyl (C=O) groups excluding carboxylic acids is 2. The van der Waals surface area contributed by atoms with Crippen LogP contribution in [-0.4, -0.2) is 17.3 Å². The molecule has 2 aromatic carbocycles. The van der Waals surface area contributed by atoms with Crippen molar-refractivity contribution in [1.29, 1.82) is 0 Å². The van der Waals surface area contributed by atoms with Crippen molar-refractivity contribution in [1.82, 2.24) is 5.32 Å². The molecule has 5 heteroatoms. The Morgan fingerprint density at radius 2 is 1.52 bits per heavy atom. The second kappa shape index (κ2) is 6.90. The smallest absolute Gasteiger partial charge is 0.308 e. The van der Waals surface area contributed by atoms with Crippen LogP contribution in [0, 0.1) is 0 Å². The molecule has 4 nitrogen and oxygen atoms in total. The molecule has 108 valence electrons. The average molecular weight is 303 g/mol. The molecule has 2 rings (SSSR count). The van der Waals surface area contributed by atoms with Gasteiger partial charge < -0.3 is 5.32 Å². The molecule has 0 radical (unpaired) electrons. The van der Waals surface area contributed by atoms with Crippen LogP contribution in [0.25, 0.3) is 11.1 Å². The lowest BCUT2D eigenvalue weighted by Gasteiger charge is -2.08. The molecular formula is C16H15ClN2O2. The number of rotatable bonds is 3. The number of hydrogen-bond donors (Lipinski definition) is 2. The molecule has 0 spiro atoms. The summed E-state index contributed by atoms with van der Waals surface area (Å²) in [5.74, 6) is -0.532. The maximum atomic E-state index is 11.6. The maximum absolute atomic E-state index is 11.6. The second-order valence-electron chi connectivity index (χ2n) is 4.50. The molecule has 0 saturated heterocycles. The Bertz CT molecular complexity index is 624. The number of urea groups is 1. The number of amides is 3. The highest BCUT2D eigenvalue weighted by Crippen LogP contribution is 2.20. The van der Waals surface area contributed by atoms with Gasteiger partial charge in [-0.05, 0) is 30.2 Å². The van der Waals surface area contributed by atoms with Crippen LogP contribution in [0.15, 0.2) is 54.6 Å². The van der Waals surface area contributed by atoms with Gasteiger partial charge >= 0.3 is 6.03 Å². The van der Waals surface area contributed by atoms with E-state index < -0.39 is 17.3 Å². The molecule has 0 heterocycles. The van der Waals surface area contributed by atoms with Crippen molar-refractivity contribution in [2.45, 2.75) is 12.3 Å². The number of carbonyl (C=O) groups is 2. The topological polar surface area (TPSA) is 58.2 Å². The molecule has 1 atom stereocenters. The third kappa shape index (κ3) is 4.33. The Balaban J connectivity index is 2.00. The lowest BCUT2D eigenvalue weighted by Crippen LogP contribution is -2.38. The van der Waals surface area contributed by atoms with Crippen LogP contribution in [0.5, 0.6) is 0 Å². The van der Waals surface area contributed by atoms with E-state index in [2.05, 4.69) is 10.6 Å². The van der Waals surface area contributed by atoms with Crippen molar-refractivity contribution in [3.8, 4) is 11.1 Å². The van der Waals surface area contributed by atoms with Gasteiger partial charge in [0.05, 0.1) is 0 Å². The molecule has 2 aromatic rings. The van der Waals surface area contributed by atoms with Crippen LogP contribution >= 0.6 is 11.6 Å². The van der Waals surface area contributed by atoms with Gasteiger partial charge in [-0.3, -0.25) is 10.1 Å². The fourth-order valence-electron chi connectivity index (χ4n) is 1.75. The van der Waals surface area contributed by atoms with Crippen molar-refractivity contribution < 1.29 is 9.59 Å². The summed E-state index contributed by atoms with van der Waals surface area (Å²) in [5.41, 5.74) is 2.74. The molecule has 0 aliphatic heterocycles. The largest absolute Gasteiger partial charge is 0.325 e. The summed E-state index contributed by atoms with van der Waals surface area (Å²) < 4.78 is 0. The molecule has 0 saturated carbocycles. The Morgan fingerprint density at radius 3 is 2.10 bits per heavy atom. The minimum Gasteiger partial charge on any atom is -0.308 e. The fourth-order valence-corrected chi connectivity index (χ4v) is 1.80. The third-order valence-electron chi connectivity index (χ3n) is 2.85. The molecule has 3 amide bonds. The number of imide groups is 1. The van der Waals surface area contributed by atoms with Gasteiger partial charge in [-0.2, -0.15) is 0 Å². The second-order valence-corrected chi connectivity index (χ2v) is 5.16. The zero-order valence-corrected chi connectivity index (χ0v) is 12.2. The molecule has 2 N–H and O–H groups in total. The first-order valence-electron chi connectivity index (χ1n) is 6.47. The molecule has 0 fully saturated rings. The van der Waals surface area contributed by atoms with Crippen LogP contribution in [0.2, 0.25) is 0 Å². The van der Waals surface area contributed by atoms with Gasteiger partial charge in [0.2, 0.25) is 5.91 Å². The Kier molecular flexibility index (Phi) is 4.95. The van der Waals surface area contributed by atoms with E-state index in [4.69, 9.17) is 11.6 Å². The van der Waals surface area contributed by atoms with Gasteiger partial charge in [0.25, 0.3) is 0 Å². The number of halogens is 1. The lowest BCUT2D eigenvalue weighted by atomic mass is 10.1. The average Bonchev–Trinajstić information content (AvgIpc) is 2.48. The Morgan fingerprint density at radius 1 is 0.952 bits per heavy atom. The number of nitrogens with one attached hydrogen (secondary N) is 2. The summed E-state index contributed by atoms with van der Waals surface area (Å²) in [6, 6.07) is 16.7. The monoisotopic (exact) mass is 302 g/mol. The van der Waals surface area contributed by atoms with E-state index in [-0.39, 0.29) is 0 Å². The van der Waals surface area contributed by atoms with Gasteiger partial charge in [-0.25, -0.2) is 4.79 Å². The van der Waals surface area contributed by atoms with Crippen LogP contribution in [0.1, 0.15) is 6.92 Å².